The van der Waals surface area contributed by atoms with Gasteiger partial charge in [-0.2, -0.15) is 9.29 Å². The summed E-state index contributed by atoms with van der Waals surface area (Å²) in [4.78, 5) is 11.4. The highest BCUT2D eigenvalue weighted by Gasteiger charge is 2.30. The summed E-state index contributed by atoms with van der Waals surface area (Å²) in [6, 6.07) is 14.0. The minimum Gasteiger partial charge on any atom is -0.497 e. The van der Waals surface area contributed by atoms with Gasteiger partial charge in [0.2, 0.25) is 16.0 Å². The zero-order valence-electron chi connectivity index (χ0n) is 20.2. The van der Waals surface area contributed by atoms with Gasteiger partial charge in [-0.05, 0) is 43.3 Å². The molecule has 2 aromatic carbocycles. The highest BCUT2D eigenvalue weighted by atomic mass is 32.2. The lowest BCUT2D eigenvalue weighted by atomic mass is 10.3. The van der Waals surface area contributed by atoms with Crippen molar-refractivity contribution in [2.75, 3.05) is 57.7 Å². The first kappa shape index (κ1) is 24.6. The number of aromatic nitrogens is 2. The zero-order chi connectivity index (χ0) is 25.0. The second-order valence-corrected chi connectivity index (χ2v) is 9.89. The third-order valence-electron chi connectivity index (χ3n) is 5.72. The third-order valence-corrected chi connectivity index (χ3v) is 7.61. The van der Waals surface area contributed by atoms with Crippen LogP contribution in [0.5, 0.6) is 17.2 Å². The Morgan fingerprint density at radius 3 is 2.14 bits per heavy atom. The van der Waals surface area contributed by atoms with E-state index in [0.29, 0.717) is 49.4 Å². The number of nitrogens with zero attached hydrogens (tertiary/aromatic N) is 4. The number of sulfonamides is 1. The quantitative estimate of drug-likeness (QED) is 0.500. The van der Waals surface area contributed by atoms with Gasteiger partial charge in [0, 0.05) is 49.7 Å². The maximum Gasteiger partial charge on any atom is 0.243 e. The minimum atomic E-state index is -3.68. The number of hydrogen-bond donors (Lipinski definition) is 1. The zero-order valence-corrected chi connectivity index (χ0v) is 21.0. The maximum absolute atomic E-state index is 13.2. The molecular weight excluding hydrogens is 470 g/mol. The number of methoxy groups -OCH3 is 3. The molecule has 2 heterocycles. The largest absolute Gasteiger partial charge is 0.497 e. The highest BCUT2D eigenvalue weighted by Crippen LogP contribution is 2.31. The minimum absolute atomic E-state index is 0.168. The first-order valence-corrected chi connectivity index (χ1v) is 12.5. The van der Waals surface area contributed by atoms with E-state index in [4.69, 9.17) is 14.2 Å². The molecule has 4 rings (SSSR count). The van der Waals surface area contributed by atoms with Crippen LogP contribution in [0.15, 0.2) is 53.4 Å². The average molecular weight is 500 g/mol. The Labute approximate surface area is 205 Å². The van der Waals surface area contributed by atoms with E-state index < -0.39 is 10.0 Å². The molecule has 0 unspecified atom stereocenters. The second kappa shape index (κ2) is 10.4. The van der Waals surface area contributed by atoms with Crippen LogP contribution in [0.1, 0.15) is 5.69 Å². The lowest BCUT2D eigenvalue weighted by molar-refractivity contribution is 0.353. The highest BCUT2D eigenvalue weighted by molar-refractivity contribution is 7.89. The van der Waals surface area contributed by atoms with Gasteiger partial charge in [0.15, 0.2) is 11.5 Å². The van der Waals surface area contributed by atoms with Gasteiger partial charge in [0.05, 0.1) is 26.2 Å². The molecule has 0 atom stereocenters. The Hall–Kier alpha value is -3.57. The number of rotatable bonds is 8. The summed E-state index contributed by atoms with van der Waals surface area (Å²) >= 11 is 0. The smallest absolute Gasteiger partial charge is 0.243 e. The number of anilines is 3. The third kappa shape index (κ3) is 5.41. The standard InChI is InChI=1S/C24H29N5O5S/c1-17-15-23(26-18-5-7-19(32-2)8-6-18)27-24(25-17)28-11-13-29(14-12-28)35(30,31)20-9-10-21(33-3)22(16-20)34-4/h5-10,15-16H,11-14H2,1-4H3,(H,25,26,27). The SMILES string of the molecule is COc1ccc(Nc2cc(C)nc(N3CCN(S(=O)(=O)c4ccc(OC)c(OC)c4)CC3)n2)cc1. The molecule has 1 saturated heterocycles. The van der Waals surface area contributed by atoms with Crippen LogP contribution in [0.4, 0.5) is 17.5 Å². The summed E-state index contributed by atoms with van der Waals surface area (Å²) in [5.41, 5.74) is 1.69. The van der Waals surface area contributed by atoms with Gasteiger partial charge < -0.3 is 24.4 Å². The van der Waals surface area contributed by atoms with Crippen molar-refractivity contribution in [1.29, 1.82) is 0 Å². The molecular formula is C24H29N5O5S. The van der Waals surface area contributed by atoms with Crippen molar-refractivity contribution in [3.05, 3.63) is 54.2 Å². The van der Waals surface area contributed by atoms with Crippen LogP contribution >= 0.6 is 0 Å². The first-order valence-electron chi connectivity index (χ1n) is 11.1. The van der Waals surface area contributed by atoms with Crippen molar-refractivity contribution < 1.29 is 22.6 Å². The second-order valence-electron chi connectivity index (χ2n) is 7.96. The van der Waals surface area contributed by atoms with Gasteiger partial charge in [-0.15, -0.1) is 0 Å². The Morgan fingerprint density at radius 2 is 1.51 bits per heavy atom. The number of benzene rings is 2. The average Bonchev–Trinajstić information content (AvgIpc) is 2.88. The molecule has 35 heavy (non-hydrogen) atoms. The summed E-state index contributed by atoms with van der Waals surface area (Å²) < 4.78 is 43.6. The predicted molar refractivity (Wildman–Crippen MR) is 134 cm³/mol. The van der Waals surface area contributed by atoms with E-state index in [1.807, 2.05) is 42.2 Å². The van der Waals surface area contributed by atoms with Gasteiger partial charge >= 0.3 is 0 Å². The summed E-state index contributed by atoms with van der Waals surface area (Å²) in [7, 11) is 0.935. The molecule has 3 aromatic rings. The predicted octanol–water partition coefficient (Wildman–Crippen LogP) is 3.07. The lowest BCUT2D eigenvalue weighted by Gasteiger charge is -2.34. The molecule has 0 radical (unpaired) electrons. The van der Waals surface area contributed by atoms with Crippen LogP contribution < -0.4 is 24.4 Å². The normalized spacial score (nSPS) is 14.5. The Morgan fingerprint density at radius 1 is 0.829 bits per heavy atom. The molecule has 0 spiro atoms. The number of piperazine rings is 1. The molecule has 11 heteroatoms. The molecule has 0 aliphatic carbocycles. The molecule has 1 aliphatic heterocycles. The van der Waals surface area contributed by atoms with Crippen LogP contribution in [0, 0.1) is 6.92 Å². The number of ether oxygens (including phenoxy) is 3. The van der Waals surface area contributed by atoms with Crippen LogP contribution in [0.2, 0.25) is 0 Å². The fourth-order valence-electron chi connectivity index (χ4n) is 3.84. The Balaban J connectivity index is 1.46. The molecule has 1 fully saturated rings. The molecule has 186 valence electrons. The number of hydrogen-bond acceptors (Lipinski definition) is 9. The van der Waals surface area contributed by atoms with Crippen molar-refractivity contribution in [2.45, 2.75) is 11.8 Å². The van der Waals surface area contributed by atoms with E-state index in [9.17, 15) is 8.42 Å². The molecule has 1 aromatic heterocycles. The van der Waals surface area contributed by atoms with Crippen molar-refractivity contribution >= 4 is 27.5 Å². The van der Waals surface area contributed by atoms with E-state index in [2.05, 4.69) is 15.3 Å². The van der Waals surface area contributed by atoms with Crippen molar-refractivity contribution in [1.82, 2.24) is 14.3 Å². The molecule has 10 nitrogen and oxygen atoms in total. The fraction of sp³-hybridized carbons (Fsp3) is 0.333. The van der Waals surface area contributed by atoms with Crippen LogP contribution in [0.3, 0.4) is 0 Å². The van der Waals surface area contributed by atoms with E-state index in [0.717, 1.165) is 17.1 Å². The van der Waals surface area contributed by atoms with Gasteiger partial charge in [0.25, 0.3) is 0 Å². The maximum atomic E-state index is 13.2. The first-order chi connectivity index (χ1) is 16.8. The summed E-state index contributed by atoms with van der Waals surface area (Å²) in [6.07, 6.45) is 0. The summed E-state index contributed by atoms with van der Waals surface area (Å²) in [5, 5.41) is 3.29. The topological polar surface area (TPSA) is 106 Å². The van der Waals surface area contributed by atoms with Crippen LogP contribution in [0.25, 0.3) is 0 Å². The molecule has 1 N–H and O–H groups in total. The molecule has 1 aliphatic rings. The van der Waals surface area contributed by atoms with E-state index in [1.54, 1.807) is 13.2 Å². The van der Waals surface area contributed by atoms with E-state index in [1.165, 1.54) is 30.7 Å². The molecule has 0 bridgehead atoms. The van der Waals surface area contributed by atoms with Gasteiger partial charge in [0.1, 0.15) is 11.6 Å². The van der Waals surface area contributed by atoms with Crippen LogP contribution in [-0.2, 0) is 10.0 Å². The number of aryl methyl sites for hydroxylation is 1. The van der Waals surface area contributed by atoms with Crippen molar-refractivity contribution in [2.24, 2.45) is 0 Å². The Kier molecular flexibility index (Phi) is 7.27. The van der Waals surface area contributed by atoms with Crippen molar-refractivity contribution in [3.8, 4) is 17.2 Å². The Bertz CT molecular complexity index is 1280. The van der Waals surface area contributed by atoms with Gasteiger partial charge in [-0.25, -0.2) is 13.4 Å². The summed E-state index contributed by atoms with van der Waals surface area (Å²) in [5.74, 6) is 2.85. The monoisotopic (exact) mass is 499 g/mol. The van der Waals surface area contributed by atoms with Crippen LogP contribution in [-0.4, -0.2) is 70.2 Å². The van der Waals surface area contributed by atoms with Gasteiger partial charge in [-0.1, -0.05) is 0 Å². The van der Waals surface area contributed by atoms with E-state index in [-0.39, 0.29) is 4.90 Å². The molecule has 0 amide bonds. The van der Waals surface area contributed by atoms with Crippen molar-refractivity contribution in [3.63, 3.8) is 0 Å². The summed E-state index contributed by atoms with van der Waals surface area (Å²) in [6.45, 7) is 3.47. The van der Waals surface area contributed by atoms with E-state index >= 15 is 0 Å². The lowest BCUT2D eigenvalue weighted by Crippen LogP contribution is -2.49. The molecule has 0 saturated carbocycles. The fourth-order valence-corrected chi connectivity index (χ4v) is 5.27. The number of nitrogens with one attached hydrogen (secondary N) is 1. The van der Waals surface area contributed by atoms with Gasteiger partial charge in [-0.3, -0.25) is 0 Å².